The first-order chi connectivity index (χ1) is 13.4. The first-order valence-corrected chi connectivity index (χ1v) is 10.3. The van der Waals surface area contributed by atoms with Crippen molar-refractivity contribution in [3.63, 3.8) is 0 Å². The number of rotatable bonds is 2. The van der Waals surface area contributed by atoms with Crippen LogP contribution in [0.5, 0.6) is 5.75 Å². The average molecular weight is 380 g/mol. The molecule has 1 aromatic carbocycles. The lowest BCUT2D eigenvalue weighted by Gasteiger charge is -2.39. The van der Waals surface area contributed by atoms with Crippen LogP contribution < -0.4 is 4.74 Å². The number of H-pyrrole nitrogens is 1. The molecule has 6 heteroatoms. The lowest BCUT2D eigenvalue weighted by atomic mass is 9.79. The minimum Gasteiger partial charge on any atom is -0.488 e. The number of nitrogens with one attached hydrogen (secondary N) is 1. The van der Waals surface area contributed by atoms with Crippen LogP contribution in [0.15, 0.2) is 24.3 Å². The number of hydrogen-bond acceptors (Lipinski definition) is 4. The molecule has 3 heterocycles. The highest BCUT2D eigenvalue weighted by Crippen LogP contribution is 2.64. The van der Waals surface area contributed by atoms with E-state index in [0.717, 1.165) is 56.2 Å². The fraction of sp³-hybridized carbons (Fsp3) is 0.591. The number of benzene rings is 1. The number of likely N-dealkylation sites (tertiary alicyclic amines) is 1. The minimum atomic E-state index is -0.246. The standard InChI is InChI=1S/C22H28N4O2/c1-14-23-19(25-24-14)15-7-6-10-26(12-15)20(27)17-11-22(17)13-21(2,3)28-18-9-5-4-8-16(18)22/h4-5,8-9,15,17H,6-7,10-13H2,1-3H3,(H,23,24,25)/t15-,17+,22-/m0/s1. The molecule has 3 aliphatic rings. The maximum atomic E-state index is 13.5. The maximum Gasteiger partial charge on any atom is 0.226 e. The number of ether oxygens (including phenoxy) is 1. The van der Waals surface area contributed by atoms with E-state index < -0.39 is 0 Å². The predicted molar refractivity (Wildman–Crippen MR) is 105 cm³/mol. The van der Waals surface area contributed by atoms with Crippen molar-refractivity contribution in [2.45, 2.75) is 63.4 Å². The Morgan fingerprint density at radius 2 is 2.14 bits per heavy atom. The molecule has 2 aliphatic heterocycles. The molecule has 1 saturated carbocycles. The number of fused-ring (bicyclic) bond motifs is 2. The molecule has 3 atom stereocenters. The van der Waals surface area contributed by atoms with Crippen molar-refractivity contribution in [3.8, 4) is 5.75 Å². The van der Waals surface area contributed by atoms with E-state index in [2.05, 4.69) is 46.1 Å². The Labute approximate surface area is 165 Å². The fourth-order valence-corrected chi connectivity index (χ4v) is 5.43. The molecule has 1 aromatic heterocycles. The first-order valence-electron chi connectivity index (χ1n) is 10.3. The van der Waals surface area contributed by atoms with Gasteiger partial charge in [-0.3, -0.25) is 9.89 Å². The molecule has 28 heavy (non-hydrogen) atoms. The molecule has 1 aliphatic carbocycles. The quantitative estimate of drug-likeness (QED) is 0.867. The fourth-order valence-electron chi connectivity index (χ4n) is 5.43. The summed E-state index contributed by atoms with van der Waals surface area (Å²) in [6, 6.07) is 8.26. The van der Waals surface area contributed by atoms with Gasteiger partial charge in [0.05, 0.1) is 0 Å². The average Bonchev–Trinajstić information content (AvgIpc) is 3.19. The minimum absolute atomic E-state index is 0.0597. The van der Waals surface area contributed by atoms with Gasteiger partial charge in [0.2, 0.25) is 5.91 Å². The first kappa shape index (κ1) is 17.7. The van der Waals surface area contributed by atoms with E-state index in [1.165, 1.54) is 5.56 Å². The number of aromatic nitrogens is 3. The van der Waals surface area contributed by atoms with Gasteiger partial charge in [0.1, 0.15) is 17.2 Å². The van der Waals surface area contributed by atoms with Crippen LogP contribution in [0.2, 0.25) is 0 Å². The van der Waals surface area contributed by atoms with Crippen LogP contribution >= 0.6 is 0 Å². The highest BCUT2D eigenvalue weighted by molar-refractivity contribution is 5.85. The SMILES string of the molecule is Cc1nc([C@H]2CCCN(C(=O)[C@H]3C[C@@]34CC(C)(C)Oc3ccccc34)C2)n[nH]1. The molecular weight excluding hydrogens is 352 g/mol. The van der Waals surface area contributed by atoms with E-state index in [9.17, 15) is 4.79 Å². The third-order valence-corrected chi connectivity index (χ3v) is 6.64. The number of carbonyl (C=O) groups is 1. The van der Waals surface area contributed by atoms with Crippen LogP contribution in [0, 0.1) is 12.8 Å². The van der Waals surface area contributed by atoms with Crippen molar-refractivity contribution >= 4 is 5.91 Å². The number of aryl methyl sites for hydroxylation is 1. The topological polar surface area (TPSA) is 71.1 Å². The number of aromatic amines is 1. The van der Waals surface area contributed by atoms with Crippen molar-refractivity contribution in [3.05, 3.63) is 41.5 Å². The molecule has 5 rings (SSSR count). The molecule has 1 N–H and O–H groups in total. The van der Waals surface area contributed by atoms with Crippen LogP contribution in [0.4, 0.5) is 0 Å². The van der Waals surface area contributed by atoms with Crippen molar-refractivity contribution in [2.75, 3.05) is 13.1 Å². The zero-order valence-corrected chi connectivity index (χ0v) is 16.9. The summed E-state index contributed by atoms with van der Waals surface area (Å²) in [6.45, 7) is 7.75. The largest absolute Gasteiger partial charge is 0.488 e. The summed E-state index contributed by atoms with van der Waals surface area (Å²) >= 11 is 0. The van der Waals surface area contributed by atoms with Gasteiger partial charge >= 0.3 is 0 Å². The van der Waals surface area contributed by atoms with Gasteiger partial charge in [-0.15, -0.1) is 0 Å². The van der Waals surface area contributed by atoms with Gasteiger partial charge in [0.25, 0.3) is 0 Å². The monoisotopic (exact) mass is 380 g/mol. The number of carbonyl (C=O) groups excluding carboxylic acids is 1. The Balaban J connectivity index is 1.37. The Morgan fingerprint density at radius 3 is 2.93 bits per heavy atom. The van der Waals surface area contributed by atoms with E-state index in [1.807, 2.05) is 19.1 Å². The van der Waals surface area contributed by atoms with Crippen LogP contribution in [0.1, 0.15) is 62.7 Å². The summed E-state index contributed by atoms with van der Waals surface area (Å²) in [5, 5.41) is 7.27. The van der Waals surface area contributed by atoms with Crippen molar-refractivity contribution in [2.24, 2.45) is 5.92 Å². The van der Waals surface area contributed by atoms with Crippen molar-refractivity contribution in [1.82, 2.24) is 20.1 Å². The van der Waals surface area contributed by atoms with Gasteiger partial charge < -0.3 is 9.64 Å². The summed E-state index contributed by atoms with van der Waals surface area (Å²) < 4.78 is 6.20. The van der Waals surface area contributed by atoms with Crippen LogP contribution in [-0.2, 0) is 10.2 Å². The predicted octanol–water partition coefficient (Wildman–Crippen LogP) is 3.34. The Kier molecular flexibility index (Phi) is 3.83. The molecule has 1 spiro atoms. The molecule has 0 unspecified atom stereocenters. The molecule has 1 saturated heterocycles. The lowest BCUT2D eigenvalue weighted by Crippen LogP contribution is -2.44. The molecule has 0 radical (unpaired) electrons. The van der Waals surface area contributed by atoms with E-state index in [4.69, 9.17) is 4.74 Å². The summed E-state index contributed by atoms with van der Waals surface area (Å²) in [7, 11) is 0. The summed E-state index contributed by atoms with van der Waals surface area (Å²) in [5.74, 6) is 3.21. The molecule has 148 valence electrons. The Hall–Kier alpha value is -2.37. The van der Waals surface area contributed by atoms with Gasteiger partial charge in [-0.2, -0.15) is 5.10 Å². The number of nitrogens with zero attached hydrogens (tertiary/aromatic N) is 3. The summed E-state index contributed by atoms with van der Waals surface area (Å²) in [6.07, 6.45) is 3.87. The normalized spacial score (nSPS) is 30.6. The third kappa shape index (κ3) is 2.81. The smallest absolute Gasteiger partial charge is 0.226 e. The summed E-state index contributed by atoms with van der Waals surface area (Å²) in [4.78, 5) is 20.0. The van der Waals surface area contributed by atoms with Crippen molar-refractivity contribution in [1.29, 1.82) is 0 Å². The number of hydrogen-bond donors (Lipinski definition) is 1. The van der Waals surface area contributed by atoms with Gasteiger partial charge in [-0.25, -0.2) is 4.98 Å². The Bertz CT molecular complexity index is 921. The lowest BCUT2D eigenvalue weighted by molar-refractivity contribution is -0.134. The van der Waals surface area contributed by atoms with Gasteiger partial charge in [-0.05, 0) is 52.5 Å². The van der Waals surface area contributed by atoms with E-state index in [1.54, 1.807) is 0 Å². The van der Waals surface area contributed by atoms with Crippen molar-refractivity contribution < 1.29 is 9.53 Å². The van der Waals surface area contributed by atoms with Gasteiger partial charge in [0, 0.05) is 35.9 Å². The maximum absolute atomic E-state index is 13.5. The number of piperidine rings is 1. The van der Waals surface area contributed by atoms with Gasteiger partial charge in [-0.1, -0.05) is 18.2 Å². The summed E-state index contributed by atoms with van der Waals surface area (Å²) in [5.41, 5.74) is 0.902. The second-order valence-corrected chi connectivity index (χ2v) is 9.35. The van der Waals surface area contributed by atoms with Crippen LogP contribution in [0.25, 0.3) is 0 Å². The molecular formula is C22H28N4O2. The molecule has 1 amide bonds. The van der Waals surface area contributed by atoms with E-state index >= 15 is 0 Å². The Morgan fingerprint density at radius 1 is 1.32 bits per heavy atom. The molecule has 2 aromatic rings. The van der Waals surface area contributed by atoms with Gasteiger partial charge in [0.15, 0.2) is 5.82 Å². The third-order valence-electron chi connectivity index (χ3n) is 6.64. The second kappa shape index (κ2) is 6.06. The second-order valence-electron chi connectivity index (χ2n) is 9.35. The van der Waals surface area contributed by atoms with E-state index in [0.29, 0.717) is 5.91 Å². The molecule has 6 nitrogen and oxygen atoms in total. The molecule has 2 fully saturated rings. The zero-order valence-electron chi connectivity index (χ0n) is 16.9. The molecule has 0 bridgehead atoms. The number of para-hydroxylation sites is 1. The highest BCUT2D eigenvalue weighted by Gasteiger charge is 2.64. The zero-order chi connectivity index (χ0) is 19.5. The van der Waals surface area contributed by atoms with E-state index in [-0.39, 0.29) is 22.9 Å². The van der Waals surface area contributed by atoms with Crippen LogP contribution in [-0.4, -0.2) is 44.7 Å². The number of amides is 1. The van der Waals surface area contributed by atoms with Crippen LogP contribution in [0.3, 0.4) is 0 Å². The highest BCUT2D eigenvalue weighted by atomic mass is 16.5.